The van der Waals surface area contributed by atoms with Crippen LogP contribution in [0.4, 0.5) is 13.2 Å². The lowest BCUT2D eigenvalue weighted by molar-refractivity contribution is -0.141. The highest BCUT2D eigenvalue weighted by atomic mass is 19.4. The van der Waals surface area contributed by atoms with Crippen molar-refractivity contribution in [1.82, 2.24) is 24.5 Å². The second-order valence-electron chi connectivity index (χ2n) is 4.54. The SMILES string of the molecule is FC(F)(F)c1ccn(Cc2nnc3n2CCCC3)n1. The van der Waals surface area contributed by atoms with Crippen LogP contribution in [0.2, 0.25) is 0 Å². The molecular weight excluding hydrogens is 259 g/mol. The number of hydrogen-bond donors (Lipinski definition) is 0. The molecule has 8 heteroatoms. The van der Waals surface area contributed by atoms with Crippen LogP contribution in [-0.4, -0.2) is 24.5 Å². The Kier molecular flexibility index (Phi) is 2.79. The van der Waals surface area contributed by atoms with Gasteiger partial charge in [-0.05, 0) is 18.9 Å². The van der Waals surface area contributed by atoms with Gasteiger partial charge >= 0.3 is 6.18 Å². The molecule has 5 nitrogen and oxygen atoms in total. The minimum atomic E-state index is -4.41. The first kappa shape index (κ1) is 12.2. The first-order chi connectivity index (χ1) is 9.04. The summed E-state index contributed by atoms with van der Waals surface area (Å²) >= 11 is 0. The largest absolute Gasteiger partial charge is 0.435 e. The second kappa shape index (κ2) is 4.36. The van der Waals surface area contributed by atoms with E-state index in [-0.39, 0.29) is 6.54 Å². The summed E-state index contributed by atoms with van der Waals surface area (Å²) in [6, 6.07) is 0.966. The Balaban J connectivity index is 1.82. The topological polar surface area (TPSA) is 48.5 Å². The molecule has 0 saturated heterocycles. The number of alkyl halides is 3. The fourth-order valence-electron chi connectivity index (χ4n) is 2.23. The molecule has 2 aromatic rings. The monoisotopic (exact) mass is 271 g/mol. The van der Waals surface area contributed by atoms with Gasteiger partial charge < -0.3 is 4.57 Å². The van der Waals surface area contributed by atoms with Crippen molar-refractivity contribution in [1.29, 1.82) is 0 Å². The van der Waals surface area contributed by atoms with Crippen LogP contribution in [0.3, 0.4) is 0 Å². The predicted molar refractivity (Wildman–Crippen MR) is 59.3 cm³/mol. The summed E-state index contributed by atoms with van der Waals surface area (Å²) in [4.78, 5) is 0. The quantitative estimate of drug-likeness (QED) is 0.838. The van der Waals surface area contributed by atoms with Crippen LogP contribution in [0.25, 0.3) is 0 Å². The van der Waals surface area contributed by atoms with E-state index in [0.717, 1.165) is 37.7 Å². The van der Waals surface area contributed by atoms with Gasteiger partial charge in [-0.25, -0.2) is 0 Å². The van der Waals surface area contributed by atoms with Crippen molar-refractivity contribution in [2.45, 2.75) is 38.5 Å². The maximum absolute atomic E-state index is 12.4. The molecule has 102 valence electrons. The molecule has 0 saturated carbocycles. The van der Waals surface area contributed by atoms with Gasteiger partial charge in [-0.3, -0.25) is 4.68 Å². The Morgan fingerprint density at radius 1 is 1.21 bits per heavy atom. The summed E-state index contributed by atoms with van der Waals surface area (Å²) in [7, 11) is 0. The van der Waals surface area contributed by atoms with Crippen LogP contribution in [0, 0.1) is 0 Å². The first-order valence-electron chi connectivity index (χ1n) is 6.05. The summed E-state index contributed by atoms with van der Waals surface area (Å²) in [5, 5.41) is 11.6. The van der Waals surface area contributed by atoms with E-state index >= 15 is 0 Å². The van der Waals surface area contributed by atoms with Gasteiger partial charge in [-0.2, -0.15) is 18.3 Å². The van der Waals surface area contributed by atoms with Crippen molar-refractivity contribution in [3.05, 3.63) is 29.6 Å². The van der Waals surface area contributed by atoms with Gasteiger partial charge in [0.05, 0.1) is 0 Å². The van der Waals surface area contributed by atoms with Crippen LogP contribution in [-0.2, 0) is 25.7 Å². The first-order valence-corrected chi connectivity index (χ1v) is 6.05. The third-order valence-electron chi connectivity index (χ3n) is 3.17. The normalized spacial score (nSPS) is 15.5. The molecule has 19 heavy (non-hydrogen) atoms. The maximum Gasteiger partial charge on any atom is 0.435 e. The van der Waals surface area contributed by atoms with Gasteiger partial charge in [-0.15, -0.1) is 10.2 Å². The molecule has 0 unspecified atom stereocenters. The van der Waals surface area contributed by atoms with E-state index < -0.39 is 11.9 Å². The molecule has 0 fully saturated rings. The molecule has 0 bridgehead atoms. The minimum Gasteiger partial charge on any atom is -0.313 e. The highest BCUT2D eigenvalue weighted by molar-refractivity contribution is 5.05. The third-order valence-corrected chi connectivity index (χ3v) is 3.17. The second-order valence-corrected chi connectivity index (χ2v) is 4.54. The van der Waals surface area contributed by atoms with Crippen molar-refractivity contribution in [3.8, 4) is 0 Å². The molecule has 3 heterocycles. The Morgan fingerprint density at radius 3 is 2.79 bits per heavy atom. The third kappa shape index (κ3) is 2.34. The fourth-order valence-corrected chi connectivity index (χ4v) is 2.23. The number of aryl methyl sites for hydroxylation is 1. The lowest BCUT2D eigenvalue weighted by atomic mass is 10.2. The molecule has 0 atom stereocenters. The number of nitrogens with zero attached hydrogens (tertiary/aromatic N) is 5. The molecule has 0 aromatic carbocycles. The van der Waals surface area contributed by atoms with E-state index in [9.17, 15) is 13.2 Å². The van der Waals surface area contributed by atoms with Crippen molar-refractivity contribution < 1.29 is 13.2 Å². The molecule has 0 aliphatic carbocycles. The van der Waals surface area contributed by atoms with E-state index in [1.165, 1.54) is 10.9 Å². The van der Waals surface area contributed by atoms with Gasteiger partial charge in [0.2, 0.25) is 0 Å². The molecule has 3 rings (SSSR count). The smallest absolute Gasteiger partial charge is 0.313 e. The van der Waals surface area contributed by atoms with Gasteiger partial charge in [-0.1, -0.05) is 0 Å². The van der Waals surface area contributed by atoms with Gasteiger partial charge in [0, 0.05) is 19.2 Å². The average molecular weight is 271 g/mol. The summed E-state index contributed by atoms with van der Waals surface area (Å²) in [6.07, 6.45) is -0.0915. The van der Waals surface area contributed by atoms with Crippen molar-refractivity contribution >= 4 is 0 Å². The fraction of sp³-hybridized carbons (Fsp3) is 0.545. The molecule has 0 radical (unpaired) electrons. The highest BCUT2D eigenvalue weighted by Gasteiger charge is 2.33. The van der Waals surface area contributed by atoms with Gasteiger partial charge in [0.25, 0.3) is 0 Å². The lowest BCUT2D eigenvalue weighted by Gasteiger charge is -2.14. The van der Waals surface area contributed by atoms with Crippen LogP contribution < -0.4 is 0 Å². The number of aromatic nitrogens is 5. The summed E-state index contributed by atoms with van der Waals surface area (Å²) in [6.45, 7) is 1.04. The zero-order valence-electron chi connectivity index (χ0n) is 10.1. The van der Waals surface area contributed by atoms with Crippen molar-refractivity contribution in [2.24, 2.45) is 0 Å². The minimum absolute atomic E-state index is 0.211. The molecule has 1 aliphatic rings. The number of rotatable bonds is 2. The lowest BCUT2D eigenvalue weighted by Crippen LogP contribution is -2.16. The Morgan fingerprint density at radius 2 is 2.05 bits per heavy atom. The Labute approximate surface area is 107 Å². The highest BCUT2D eigenvalue weighted by Crippen LogP contribution is 2.27. The molecule has 0 N–H and O–H groups in total. The van der Waals surface area contributed by atoms with Crippen molar-refractivity contribution in [3.63, 3.8) is 0 Å². The van der Waals surface area contributed by atoms with Gasteiger partial charge in [0.1, 0.15) is 12.4 Å². The standard InChI is InChI=1S/C11H12F3N5/c12-11(13,14)8-4-6-18(17-8)7-10-16-15-9-3-1-2-5-19(9)10/h4,6H,1-3,5,7H2. The average Bonchev–Trinajstić information content (AvgIpc) is 2.97. The molecule has 0 spiro atoms. The molecule has 0 amide bonds. The summed E-state index contributed by atoms with van der Waals surface area (Å²) < 4.78 is 40.5. The molecule has 2 aromatic heterocycles. The number of halogens is 3. The van der Waals surface area contributed by atoms with E-state index in [2.05, 4.69) is 15.3 Å². The number of hydrogen-bond acceptors (Lipinski definition) is 3. The van der Waals surface area contributed by atoms with Crippen LogP contribution in [0.1, 0.15) is 30.2 Å². The zero-order valence-corrected chi connectivity index (χ0v) is 10.1. The van der Waals surface area contributed by atoms with Gasteiger partial charge in [0.15, 0.2) is 11.5 Å². The van der Waals surface area contributed by atoms with Crippen LogP contribution in [0.15, 0.2) is 12.3 Å². The van der Waals surface area contributed by atoms with E-state index in [4.69, 9.17) is 0 Å². The van der Waals surface area contributed by atoms with Crippen LogP contribution >= 0.6 is 0 Å². The maximum atomic E-state index is 12.4. The number of fused-ring (bicyclic) bond motifs is 1. The predicted octanol–water partition coefficient (Wildman–Crippen LogP) is 1.88. The summed E-state index contributed by atoms with van der Waals surface area (Å²) in [5.74, 6) is 1.57. The summed E-state index contributed by atoms with van der Waals surface area (Å²) in [5.41, 5.74) is -0.883. The van der Waals surface area contributed by atoms with E-state index in [1.54, 1.807) is 0 Å². The zero-order chi connectivity index (χ0) is 13.5. The Hall–Kier alpha value is -1.86. The molecule has 1 aliphatic heterocycles. The van der Waals surface area contributed by atoms with Crippen molar-refractivity contribution in [2.75, 3.05) is 0 Å². The Bertz CT molecular complexity index is 583. The van der Waals surface area contributed by atoms with Crippen LogP contribution in [0.5, 0.6) is 0 Å². The van der Waals surface area contributed by atoms with E-state index in [1.807, 2.05) is 4.57 Å². The van der Waals surface area contributed by atoms with E-state index in [0.29, 0.717) is 5.82 Å². The molecular formula is C11H12F3N5.